The molecule has 0 unspecified atom stereocenters. The molecule has 0 spiro atoms. The Morgan fingerprint density at radius 2 is 1.02 bits per heavy atom. The maximum absolute atomic E-state index is 13.2. The fraction of sp³-hybridized carbons (Fsp3) is 0.349. The normalized spacial score (nSPS) is 15.5. The quantitative estimate of drug-likeness (QED) is 0.228. The number of halogens is 1. The third kappa shape index (κ3) is 6.94. The van der Waals surface area contributed by atoms with E-state index in [9.17, 15) is 9.59 Å². The van der Waals surface area contributed by atoms with Crippen LogP contribution in [0.4, 0.5) is 0 Å². The minimum absolute atomic E-state index is 0. The first-order valence-electron chi connectivity index (χ1n) is 19.6. The Kier molecular flexibility index (Phi) is 10.7. The van der Waals surface area contributed by atoms with E-state index in [2.05, 4.69) is 37.2 Å². The number of nitrogens with one attached hydrogen (secondary N) is 1. The standard InChI is InChI=1S/C22H24N6O.C21H22N6O.ClH/c1-14-4-5-15(12-23-14)17-6-7-18-20(25-17)21-19(13-24-18)27(3)22(29)28(21)16-8-10-26(2)11-9-16;1-13-3-4-14(11-23-13)16-5-6-17-19(25-16)20-18(12-24-17)26(2)21(28)27(20)15-7-9-22-10-8-15;/h4-7,12-13,16H,8-11H2,1-3H3;3-6,11-12,15,22H,7-10H2,1-2H3;1H. The summed E-state index contributed by atoms with van der Waals surface area (Å²) in [4.78, 5) is 56.3. The molecule has 0 radical (unpaired) electrons. The molecule has 0 atom stereocenters. The number of hydrogen-bond donors (Lipinski definition) is 1. The SMILES string of the molecule is Cc1ccc(-c2ccc3ncc4c(c3n2)n(C2CCN(C)CC2)c(=O)n4C)cn1.Cc1ccc(-c2ccc3ncc4c(c3n2)n(C2CCNCC2)c(=O)n4C)cn1.Cl. The highest BCUT2D eigenvalue weighted by Crippen LogP contribution is 2.31. The second kappa shape index (κ2) is 15.8. The van der Waals surface area contributed by atoms with Gasteiger partial charge in [-0.1, -0.05) is 0 Å². The Labute approximate surface area is 341 Å². The van der Waals surface area contributed by atoms with Gasteiger partial charge in [-0.25, -0.2) is 19.6 Å². The Hall–Kier alpha value is -5.83. The molecular weight excluding hydrogens is 752 g/mol. The molecule has 14 nitrogen and oxygen atoms in total. The monoisotopic (exact) mass is 798 g/mol. The molecule has 1 N–H and O–H groups in total. The summed E-state index contributed by atoms with van der Waals surface area (Å²) in [6, 6.07) is 16.2. The van der Waals surface area contributed by atoms with Gasteiger partial charge in [0.15, 0.2) is 0 Å². The number of likely N-dealkylation sites (tertiary alicyclic amines) is 1. The van der Waals surface area contributed by atoms with Gasteiger partial charge < -0.3 is 10.2 Å². The van der Waals surface area contributed by atoms with Crippen molar-refractivity contribution in [3.63, 3.8) is 0 Å². The van der Waals surface area contributed by atoms with Crippen molar-refractivity contribution in [1.82, 2.24) is 58.4 Å². The predicted molar refractivity (Wildman–Crippen MR) is 231 cm³/mol. The number of piperidine rings is 2. The largest absolute Gasteiger partial charge is 0.329 e. The van der Waals surface area contributed by atoms with Gasteiger partial charge in [-0.05, 0) is 121 Å². The van der Waals surface area contributed by atoms with Crippen LogP contribution in [0.15, 0.2) is 82.9 Å². The van der Waals surface area contributed by atoms with Crippen molar-refractivity contribution in [3.8, 4) is 22.5 Å². The highest BCUT2D eigenvalue weighted by atomic mass is 35.5. The number of imidazole rings is 2. The van der Waals surface area contributed by atoms with Crippen molar-refractivity contribution in [1.29, 1.82) is 0 Å². The first-order chi connectivity index (χ1) is 27.7. The lowest BCUT2D eigenvalue weighted by molar-refractivity contribution is 0.221. The highest BCUT2D eigenvalue weighted by molar-refractivity contribution is 6.01. The fourth-order valence-electron chi connectivity index (χ4n) is 8.33. The molecule has 298 valence electrons. The summed E-state index contributed by atoms with van der Waals surface area (Å²) in [5.41, 5.74) is 12.1. The van der Waals surface area contributed by atoms with Crippen molar-refractivity contribution in [2.75, 3.05) is 33.2 Å². The van der Waals surface area contributed by atoms with E-state index in [0.29, 0.717) is 0 Å². The maximum Gasteiger partial charge on any atom is 0.329 e. The van der Waals surface area contributed by atoms with Gasteiger partial charge in [0, 0.05) is 61.1 Å². The molecule has 0 bridgehead atoms. The second-order valence-electron chi connectivity index (χ2n) is 15.4. The molecule has 10 heterocycles. The van der Waals surface area contributed by atoms with Gasteiger partial charge in [-0.15, -0.1) is 12.4 Å². The van der Waals surface area contributed by atoms with Crippen LogP contribution >= 0.6 is 12.4 Å². The minimum atomic E-state index is 0. The summed E-state index contributed by atoms with van der Waals surface area (Å²) >= 11 is 0. The lowest BCUT2D eigenvalue weighted by atomic mass is 10.1. The number of aromatic nitrogens is 10. The van der Waals surface area contributed by atoms with Crippen molar-refractivity contribution >= 4 is 56.5 Å². The summed E-state index contributed by atoms with van der Waals surface area (Å²) in [5, 5.41) is 3.37. The van der Waals surface area contributed by atoms with Crippen molar-refractivity contribution < 1.29 is 0 Å². The molecule has 0 aliphatic carbocycles. The molecule has 8 aromatic rings. The maximum atomic E-state index is 13.2. The first kappa shape index (κ1) is 39.0. The summed E-state index contributed by atoms with van der Waals surface area (Å²) < 4.78 is 7.27. The van der Waals surface area contributed by atoms with Gasteiger partial charge in [-0.3, -0.25) is 38.2 Å². The van der Waals surface area contributed by atoms with Crippen LogP contribution in [0.1, 0.15) is 49.2 Å². The molecule has 15 heteroatoms. The topological polar surface area (TPSA) is 146 Å². The molecule has 0 saturated carbocycles. The van der Waals surface area contributed by atoms with E-state index in [0.717, 1.165) is 130 Å². The number of hydrogen-bond acceptors (Lipinski definition) is 10. The van der Waals surface area contributed by atoms with E-state index >= 15 is 0 Å². The van der Waals surface area contributed by atoms with Gasteiger partial charge in [0.05, 0.1) is 56.9 Å². The van der Waals surface area contributed by atoms with Crippen LogP contribution in [0.2, 0.25) is 0 Å². The van der Waals surface area contributed by atoms with E-state index < -0.39 is 0 Å². The van der Waals surface area contributed by atoms with Gasteiger partial charge in [0.1, 0.15) is 11.0 Å². The molecule has 2 aliphatic rings. The molecule has 10 rings (SSSR count). The van der Waals surface area contributed by atoms with Gasteiger partial charge in [-0.2, -0.15) is 0 Å². The van der Waals surface area contributed by atoms with Gasteiger partial charge in [0.25, 0.3) is 0 Å². The molecule has 2 fully saturated rings. The minimum Gasteiger partial charge on any atom is -0.317 e. The third-order valence-corrected chi connectivity index (χ3v) is 11.7. The average molecular weight is 799 g/mol. The van der Waals surface area contributed by atoms with E-state index in [4.69, 9.17) is 9.97 Å². The number of fused-ring (bicyclic) bond motifs is 6. The summed E-state index contributed by atoms with van der Waals surface area (Å²) in [7, 11) is 5.76. The number of rotatable bonds is 4. The molecule has 2 aliphatic heterocycles. The first-order valence-corrected chi connectivity index (χ1v) is 19.6. The van der Waals surface area contributed by atoms with Crippen LogP contribution < -0.4 is 16.7 Å². The van der Waals surface area contributed by atoms with Gasteiger partial charge >= 0.3 is 11.4 Å². The van der Waals surface area contributed by atoms with Crippen LogP contribution in [-0.4, -0.2) is 86.3 Å². The molecular formula is C43H47ClN12O2. The van der Waals surface area contributed by atoms with Crippen molar-refractivity contribution in [2.24, 2.45) is 14.1 Å². The Balaban J connectivity index is 0.000000159. The van der Waals surface area contributed by atoms with E-state index in [-0.39, 0.29) is 35.9 Å². The average Bonchev–Trinajstić information content (AvgIpc) is 3.66. The number of nitrogens with zero attached hydrogens (tertiary/aromatic N) is 11. The van der Waals surface area contributed by atoms with Crippen LogP contribution in [0.5, 0.6) is 0 Å². The predicted octanol–water partition coefficient (Wildman–Crippen LogP) is 5.92. The molecule has 0 amide bonds. The van der Waals surface area contributed by atoms with E-state index in [1.165, 1.54) is 0 Å². The summed E-state index contributed by atoms with van der Waals surface area (Å²) in [5.74, 6) is 0. The zero-order chi connectivity index (χ0) is 39.4. The van der Waals surface area contributed by atoms with Crippen LogP contribution in [0.3, 0.4) is 0 Å². The lowest BCUT2D eigenvalue weighted by Crippen LogP contribution is -2.35. The third-order valence-electron chi connectivity index (χ3n) is 11.7. The molecule has 58 heavy (non-hydrogen) atoms. The van der Waals surface area contributed by atoms with Crippen LogP contribution in [-0.2, 0) is 14.1 Å². The zero-order valence-electron chi connectivity index (χ0n) is 33.4. The number of pyridine rings is 6. The Morgan fingerprint density at radius 3 is 1.45 bits per heavy atom. The van der Waals surface area contributed by atoms with Crippen molar-refractivity contribution in [2.45, 2.75) is 51.6 Å². The van der Waals surface area contributed by atoms with E-state index in [1.54, 1.807) is 21.5 Å². The fourth-order valence-corrected chi connectivity index (χ4v) is 8.33. The Bertz CT molecular complexity index is 2900. The summed E-state index contributed by atoms with van der Waals surface area (Å²) in [6.07, 6.45) is 11.0. The smallest absolute Gasteiger partial charge is 0.317 e. The van der Waals surface area contributed by atoms with Crippen molar-refractivity contribution in [3.05, 3.63) is 106 Å². The highest BCUT2D eigenvalue weighted by Gasteiger charge is 2.26. The Morgan fingerprint density at radius 1 is 0.569 bits per heavy atom. The number of aryl methyl sites for hydroxylation is 4. The molecule has 0 aromatic carbocycles. The lowest BCUT2D eigenvalue weighted by Gasteiger charge is -2.29. The molecule has 8 aromatic heterocycles. The van der Waals surface area contributed by atoms with Crippen LogP contribution in [0.25, 0.3) is 66.6 Å². The second-order valence-corrected chi connectivity index (χ2v) is 15.4. The zero-order valence-corrected chi connectivity index (χ0v) is 34.2. The van der Waals surface area contributed by atoms with Crippen LogP contribution in [0, 0.1) is 13.8 Å². The van der Waals surface area contributed by atoms with Gasteiger partial charge in [0.2, 0.25) is 0 Å². The van der Waals surface area contributed by atoms with E-state index in [1.807, 2.05) is 98.0 Å². The summed E-state index contributed by atoms with van der Waals surface area (Å²) in [6.45, 7) is 7.75. The molecule has 2 saturated heterocycles.